The van der Waals surface area contributed by atoms with Gasteiger partial charge in [0, 0.05) is 36.0 Å². The van der Waals surface area contributed by atoms with Gasteiger partial charge < -0.3 is 20.2 Å². The van der Waals surface area contributed by atoms with Crippen LogP contribution in [0.2, 0.25) is 5.02 Å². The summed E-state index contributed by atoms with van der Waals surface area (Å²) in [5, 5.41) is 3.40. The number of nitrogens with zero attached hydrogens (tertiary/aromatic N) is 2. The van der Waals surface area contributed by atoms with Crippen LogP contribution in [-0.2, 0) is 11.2 Å². The van der Waals surface area contributed by atoms with Gasteiger partial charge in [-0.1, -0.05) is 41.9 Å². The maximum Gasteiger partial charge on any atom is 0.251 e. The summed E-state index contributed by atoms with van der Waals surface area (Å²) in [6.07, 6.45) is 5.11. The van der Waals surface area contributed by atoms with Crippen molar-refractivity contribution in [2.24, 2.45) is 5.73 Å². The van der Waals surface area contributed by atoms with Crippen molar-refractivity contribution >= 4 is 29.1 Å². The van der Waals surface area contributed by atoms with Crippen molar-refractivity contribution in [2.75, 3.05) is 0 Å². The lowest BCUT2D eigenvalue weighted by Gasteiger charge is -2.19. The Hall–Kier alpha value is -3.84. The summed E-state index contributed by atoms with van der Waals surface area (Å²) >= 11 is 6.31. The van der Waals surface area contributed by atoms with E-state index in [4.69, 9.17) is 27.1 Å². The first kappa shape index (κ1) is 26.2. The van der Waals surface area contributed by atoms with Crippen molar-refractivity contribution < 1.29 is 14.3 Å². The van der Waals surface area contributed by atoms with Crippen molar-refractivity contribution in [1.82, 2.24) is 14.7 Å². The second-order valence-corrected chi connectivity index (χ2v) is 9.84. The molecule has 0 saturated carbocycles. The zero-order valence-corrected chi connectivity index (χ0v) is 22.0. The third-order valence-corrected chi connectivity index (χ3v) is 6.34. The smallest absolute Gasteiger partial charge is 0.251 e. The number of hydrogen-bond acceptors (Lipinski definition) is 4. The Morgan fingerprint density at radius 2 is 1.89 bits per heavy atom. The van der Waals surface area contributed by atoms with Crippen molar-refractivity contribution in [3.8, 4) is 17.0 Å². The number of imidazole rings is 1. The first-order chi connectivity index (χ1) is 17.7. The molecule has 0 bridgehead atoms. The average molecular weight is 519 g/mol. The molecule has 2 aromatic carbocycles. The summed E-state index contributed by atoms with van der Waals surface area (Å²) in [5.41, 5.74) is 10.8. The van der Waals surface area contributed by atoms with Gasteiger partial charge in [0.2, 0.25) is 5.91 Å². The van der Waals surface area contributed by atoms with Gasteiger partial charge in [0.1, 0.15) is 11.4 Å². The molecule has 0 saturated heterocycles. The molecule has 2 heterocycles. The number of aryl methyl sites for hydroxylation is 1. The van der Waals surface area contributed by atoms with Crippen LogP contribution in [0.5, 0.6) is 5.75 Å². The van der Waals surface area contributed by atoms with Crippen molar-refractivity contribution in [3.05, 3.63) is 88.7 Å². The average Bonchev–Trinajstić information content (AvgIpc) is 3.30. The van der Waals surface area contributed by atoms with Gasteiger partial charge in [-0.3, -0.25) is 9.59 Å². The van der Waals surface area contributed by atoms with E-state index in [1.807, 2.05) is 74.0 Å². The highest BCUT2D eigenvalue weighted by Gasteiger charge is 2.17. The van der Waals surface area contributed by atoms with Gasteiger partial charge in [-0.25, -0.2) is 4.98 Å². The predicted octanol–water partition coefficient (Wildman–Crippen LogP) is 5.36. The highest BCUT2D eigenvalue weighted by atomic mass is 35.5. The number of carbonyl (C=O) groups excluding carboxylic acids is 2. The molecule has 0 aliphatic carbocycles. The quantitative estimate of drug-likeness (QED) is 0.295. The van der Waals surface area contributed by atoms with Gasteiger partial charge in [0.15, 0.2) is 0 Å². The van der Waals surface area contributed by atoms with E-state index in [1.165, 1.54) is 0 Å². The van der Waals surface area contributed by atoms with E-state index < -0.39 is 5.91 Å². The van der Waals surface area contributed by atoms with Crippen LogP contribution in [0.3, 0.4) is 0 Å². The number of amides is 2. The van der Waals surface area contributed by atoms with Crippen LogP contribution in [0, 0.1) is 6.92 Å². The molecule has 0 aliphatic heterocycles. The predicted molar refractivity (Wildman–Crippen MR) is 146 cm³/mol. The minimum Gasteiger partial charge on any atom is -0.489 e. The van der Waals surface area contributed by atoms with Gasteiger partial charge in [-0.2, -0.15) is 0 Å². The van der Waals surface area contributed by atoms with Gasteiger partial charge in [0.05, 0.1) is 16.8 Å². The van der Waals surface area contributed by atoms with E-state index in [2.05, 4.69) is 5.32 Å². The molecule has 4 rings (SSSR count). The zero-order valence-electron chi connectivity index (χ0n) is 21.2. The van der Waals surface area contributed by atoms with Crippen molar-refractivity contribution in [3.63, 3.8) is 0 Å². The highest BCUT2D eigenvalue weighted by Crippen LogP contribution is 2.27. The van der Waals surface area contributed by atoms with Gasteiger partial charge in [-0.05, 0) is 69.0 Å². The molecule has 2 amide bonds. The number of nitrogens with one attached hydrogen (secondary N) is 1. The Morgan fingerprint density at radius 3 is 2.54 bits per heavy atom. The fourth-order valence-electron chi connectivity index (χ4n) is 4.19. The number of ether oxygens (including phenoxy) is 1. The van der Waals surface area contributed by atoms with Crippen LogP contribution in [0.15, 0.2) is 67.0 Å². The lowest BCUT2D eigenvalue weighted by atomic mass is 9.99. The molecule has 3 N–H and O–H groups in total. The molecule has 1 unspecified atom stereocenters. The zero-order chi connectivity index (χ0) is 26.5. The van der Waals surface area contributed by atoms with Crippen LogP contribution in [0.25, 0.3) is 16.9 Å². The Kier molecular flexibility index (Phi) is 8.14. The van der Waals surface area contributed by atoms with E-state index in [0.717, 1.165) is 28.0 Å². The number of aromatic nitrogens is 2. The molecular weight excluding hydrogens is 488 g/mol. The van der Waals surface area contributed by atoms with Crippen LogP contribution < -0.4 is 15.8 Å². The number of nitrogens with two attached hydrogens (primary N) is 1. The second kappa shape index (κ2) is 11.5. The Labute approximate surface area is 221 Å². The molecule has 37 heavy (non-hydrogen) atoms. The minimum absolute atomic E-state index is 0.0291. The van der Waals surface area contributed by atoms with E-state index in [1.54, 1.807) is 18.2 Å². The number of rotatable bonds is 10. The molecule has 0 fully saturated rings. The van der Waals surface area contributed by atoms with Crippen LogP contribution >= 0.6 is 11.6 Å². The number of halogens is 1. The lowest BCUT2D eigenvalue weighted by Crippen LogP contribution is -2.37. The summed E-state index contributed by atoms with van der Waals surface area (Å²) in [6, 6.07) is 16.8. The summed E-state index contributed by atoms with van der Waals surface area (Å²) < 4.78 is 7.66. The molecule has 0 aliphatic rings. The standard InChI is InChI=1S/C29H31ClN4O3/c1-18(2)37-26-12-10-22(16-24(26)30)29(36)32-23(11-13-27(31)35)15-20-6-8-21(9-7-20)25-17-34-14-4-5-19(3)28(34)33-25/h4-10,12,14,16-18,23H,11,13,15H2,1-3H3,(H2,31,35)(H,32,36). The van der Waals surface area contributed by atoms with E-state index >= 15 is 0 Å². The van der Waals surface area contributed by atoms with Gasteiger partial charge in [-0.15, -0.1) is 0 Å². The number of fused-ring (bicyclic) bond motifs is 1. The normalized spacial score (nSPS) is 12.0. The maximum absolute atomic E-state index is 13.0. The molecule has 8 heteroatoms. The summed E-state index contributed by atoms with van der Waals surface area (Å²) in [4.78, 5) is 29.2. The molecule has 192 valence electrons. The number of benzene rings is 2. The monoisotopic (exact) mass is 518 g/mol. The lowest BCUT2D eigenvalue weighted by molar-refractivity contribution is -0.118. The third-order valence-electron chi connectivity index (χ3n) is 6.04. The molecular formula is C29H31ClN4O3. The number of primary amides is 1. The SMILES string of the molecule is Cc1cccn2cc(-c3ccc(CC(CCC(N)=O)NC(=O)c4ccc(OC(C)C)c(Cl)c4)cc3)nc12. The Morgan fingerprint density at radius 1 is 1.14 bits per heavy atom. The van der Waals surface area contributed by atoms with Crippen LogP contribution in [-0.4, -0.2) is 33.3 Å². The highest BCUT2D eigenvalue weighted by molar-refractivity contribution is 6.32. The van der Waals surface area contributed by atoms with E-state index in [0.29, 0.717) is 29.2 Å². The second-order valence-electron chi connectivity index (χ2n) is 9.44. The first-order valence-corrected chi connectivity index (χ1v) is 12.7. The van der Waals surface area contributed by atoms with E-state index in [-0.39, 0.29) is 24.5 Å². The number of hydrogen-bond donors (Lipinski definition) is 2. The Balaban J connectivity index is 1.48. The van der Waals surface area contributed by atoms with Crippen molar-refractivity contribution in [2.45, 2.75) is 52.2 Å². The maximum atomic E-state index is 13.0. The summed E-state index contributed by atoms with van der Waals surface area (Å²) in [7, 11) is 0. The topological polar surface area (TPSA) is 98.7 Å². The largest absolute Gasteiger partial charge is 0.489 e. The molecule has 4 aromatic rings. The van der Waals surface area contributed by atoms with E-state index in [9.17, 15) is 9.59 Å². The fourth-order valence-corrected chi connectivity index (χ4v) is 4.42. The molecule has 1 atom stereocenters. The number of carbonyl (C=O) groups is 2. The third kappa shape index (κ3) is 6.68. The minimum atomic E-state index is -0.407. The molecule has 0 radical (unpaired) electrons. The van der Waals surface area contributed by atoms with Crippen LogP contribution in [0.1, 0.15) is 48.2 Å². The van der Waals surface area contributed by atoms with Crippen LogP contribution in [0.4, 0.5) is 0 Å². The Bertz CT molecular complexity index is 1410. The molecule has 0 spiro atoms. The summed E-state index contributed by atoms with van der Waals surface area (Å²) in [5.74, 6) is -0.154. The fraction of sp³-hybridized carbons (Fsp3) is 0.276. The first-order valence-electron chi connectivity index (χ1n) is 12.3. The molecule has 7 nitrogen and oxygen atoms in total. The van der Waals surface area contributed by atoms with Gasteiger partial charge >= 0.3 is 0 Å². The van der Waals surface area contributed by atoms with Crippen molar-refractivity contribution in [1.29, 1.82) is 0 Å². The number of pyridine rings is 1. The summed E-state index contributed by atoms with van der Waals surface area (Å²) in [6.45, 7) is 5.85. The van der Waals surface area contributed by atoms with Gasteiger partial charge in [0.25, 0.3) is 5.91 Å². The molecule has 2 aromatic heterocycles.